The second-order valence-electron chi connectivity index (χ2n) is 5.27. The lowest BCUT2D eigenvalue weighted by Gasteiger charge is -2.07. The van der Waals surface area contributed by atoms with Crippen LogP contribution in [0.1, 0.15) is 21.8 Å². The Kier molecular flexibility index (Phi) is 4.89. The highest BCUT2D eigenvalue weighted by Crippen LogP contribution is 2.14. The van der Waals surface area contributed by atoms with Gasteiger partial charge in [0.15, 0.2) is 5.82 Å². The van der Waals surface area contributed by atoms with Gasteiger partial charge < -0.3 is 19.9 Å². The highest BCUT2D eigenvalue weighted by molar-refractivity contribution is 5.92. The molecule has 3 aromatic rings. The summed E-state index contributed by atoms with van der Waals surface area (Å²) in [5.74, 6) is 2.12. The SMILES string of the molecule is COc1ccc(CNC(=O)c2cc(Nc3cc(C)on3)ncn2)cc1. The number of aryl methyl sites for hydroxylation is 1. The van der Waals surface area contributed by atoms with Crippen LogP contribution in [0.4, 0.5) is 11.6 Å². The van der Waals surface area contributed by atoms with Crippen molar-refractivity contribution < 1.29 is 14.1 Å². The Bertz CT molecular complexity index is 861. The summed E-state index contributed by atoms with van der Waals surface area (Å²) in [6.07, 6.45) is 1.32. The van der Waals surface area contributed by atoms with Gasteiger partial charge in [0.05, 0.1) is 7.11 Å². The molecule has 0 unspecified atom stereocenters. The fraction of sp³-hybridized carbons (Fsp3) is 0.176. The molecule has 0 spiro atoms. The molecule has 0 fully saturated rings. The Hall–Kier alpha value is -3.42. The minimum absolute atomic E-state index is 0.256. The summed E-state index contributed by atoms with van der Waals surface area (Å²) >= 11 is 0. The van der Waals surface area contributed by atoms with Gasteiger partial charge in [-0.15, -0.1) is 0 Å². The lowest BCUT2D eigenvalue weighted by atomic mass is 10.2. The predicted octanol–water partition coefficient (Wildman–Crippen LogP) is 2.46. The topological polar surface area (TPSA) is 102 Å². The minimum atomic E-state index is -0.294. The molecule has 0 atom stereocenters. The smallest absolute Gasteiger partial charge is 0.270 e. The summed E-state index contributed by atoms with van der Waals surface area (Å²) in [4.78, 5) is 20.3. The van der Waals surface area contributed by atoms with Crippen LogP contribution in [0.15, 0.2) is 47.2 Å². The molecular formula is C17H17N5O3. The minimum Gasteiger partial charge on any atom is -0.497 e. The normalized spacial score (nSPS) is 10.3. The fourth-order valence-corrected chi connectivity index (χ4v) is 2.12. The number of anilines is 2. The van der Waals surface area contributed by atoms with Crippen molar-refractivity contribution in [3.63, 3.8) is 0 Å². The van der Waals surface area contributed by atoms with Crippen LogP contribution in [-0.2, 0) is 6.54 Å². The molecule has 0 saturated heterocycles. The van der Waals surface area contributed by atoms with E-state index in [-0.39, 0.29) is 11.6 Å². The van der Waals surface area contributed by atoms with Crippen molar-refractivity contribution in [3.05, 3.63) is 59.7 Å². The van der Waals surface area contributed by atoms with E-state index < -0.39 is 0 Å². The third-order valence-corrected chi connectivity index (χ3v) is 3.40. The van der Waals surface area contributed by atoms with Crippen LogP contribution in [0.2, 0.25) is 0 Å². The molecule has 8 heteroatoms. The van der Waals surface area contributed by atoms with Gasteiger partial charge in [-0.2, -0.15) is 0 Å². The van der Waals surface area contributed by atoms with Crippen LogP contribution in [0.5, 0.6) is 5.75 Å². The van der Waals surface area contributed by atoms with Crippen LogP contribution >= 0.6 is 0 Å². The number of rotatable bonds is 6. The number of methoxy groups -OCH3 is 1. The van der Waals surface area contributed by atoms with Crippen molar-refractivity contribution >= 4 is 17.5 Å². The van der Waals surface area contributed by atoms with Crippen LogP contribution < -0.4 is 15.4 Å². The molecule has 1 amide bonds. The third kappa shape index (κ3) is 4.31. The number of carbonyl (C=O) groups excluding carboxylic acids is 1. The fourth-order valence-electron chi connectivity index (χ4n) is 2.12. The molecule has 2 N–H and O–H groups in total. The zero-order valence-corrected chi connectivity index (χ0v) is 13.8. The lowest BCUT2D eigenvalue weighted by molar-refractivity contribution is 0.0946. The maximum absolute atomic E-state index is 12.3. The maximum Gasteiger partial charge on any atom is 0.270 e. The molecule has 128 valence electrons. The van der Waals surface area contributed by atoms with E-state index in [0.717, 1.165) is 11.3 Å². The van der Waals surface area contributed by atoms with Crippen LogP contribution in [0.25, 0.3) is 0 Å². The molecule has 0 aliphatic heterocycles. The molecular weight excluding hydrogens is 322 g/mol. The van der Waals surface area contributed by atoms with Gasteiger partial charge in [-0.1, -0.05) is 17.3 Å². The van der Waals surface area contributed by atoms with E-state index >= 15 is 0 Å². The Labute approximate surface area is 144 Å². The molecule has 0 bridgehead atoms. The first-order valence-electron chi connectivity index (χ1n) is 7.57. The number of carbonyl (C=O) groups is 1. The van der Waals surface area contributed by atoms with Crippen molar-refractivity contribution in [1.82, 2.24) is 20.4 Å². The second kappa shape index (κ2) is 7.43. The van der Waals surface area contributed by atoms with Crippen molar-refractivity contribution in [2.24, 2.45) is 0 Å². The zero-order valence-electron chi connectivity index (χ0n) is 13.8. The van der Waals surface area contributed by atoms with Gasteiger partial charge in [-0.3, -0.25) is 4.79 Å². The highest BCUT2D eigenvalue weighted by Gasteiger charge is 2.10. The van der Waals surface area contributed by atoms with Crippen molar-refractivity contribution in [2.75, 3.05) is 12.4 Å². The molecule has 0 aliphatic rings. The summed E-state index contributed by atoms with van der Waals surface area (Å²) in [6.45, 7) is 2.17. The lowest BCUT2D eigenvalue weighted by Crippen LogP contribution is -2.24. The Morgan fingerprint density at radius 3 is 2.64 bits per heavy atom. The number of amides is 1. The van der Waals surface area contributed by atoms with E-state index in [1.54, 1.807) is 26.2 Å². The van der Waals surface area contributed by atoms with Gasteiger partial charge in [0.25, 0.3) is 5.91 Å². The molecule has 0 aliphatic carbocycles. The summed E-state index contributed by atoms with van der Waals surface area (Å²) < 4.78 is 10.1. The molecule has 2 heterocycles. The van der Waals surface area contributed by atoms with E-state index in [1.165, 1.54) is 6.33 Å². The third-order valence-electron chi connectivity index (χ3n) is 3.40. The van der Waals surface area contributed by atoms with Crippen LogP contribution in [-0.4, -0.2) is 28.1 Å². The summed E-state index contributed by atoms with van der Waals surface area (Å²) in [7, 11) is 1.61. The van der Waals surface area contributed by atoms with E-state index in [4.69, 9.17) is 9.26 Å². The van der Waals surface area contributed by atoms with Crippen molar-refractivity contribution in [1.29, 1.82) is 0 Å². The molecule has 2 aromatic heterocycles. The van der Waals surface area contributed by atoms with Gasteiger partial charge in [0, 0.05) is 18.7 Å². The molecule has 0 radical (unpaired) electrons. The summed E-state index contributed by atoms with van der Waals surface area (Å²) in [6, 6.07) is 10.7. The first kappa shape index (κ1) is 16.4. The largest absolute Gasteiger partial charge is 0.497 e. The predicted molar refractivity (Wildman–Crippen MR) is 90.7 cm³/mol. The number of hydrogen-bond acceptors (Lipinski definition) is 7. The first-order chi connectivity index (χ1) is 12.1. The maximum atomic E-state index is 12.3. The van der Waals surface area contributed by atoms with Gasteiger partial charge in [-0.25, -0.2) is 9.97 Å². The number of aromatic nitrogens is 3. The molecule has 8 nitrogen and oxygen atoms in total. The molecule has 25 heavy (non-hydrogen) atoms. The van der Waals surface area contributed by atoms with Crippen LogP contribution in [0.3, 0.4) is 0 Å². The quantitative estimate of drug-likeness (QED) is 0.711. The number of ether oxygens (including phenoxy) is 1. The second-order valence-corrected chi connectivity index (χ2v) is 5.27. The standard InChI is InChI=1S/C17H17N5O3/c1-11-7-16(22-25-11)21-15-8-14(19-10-20-15)17(23)18-9-12-3-5-13(24-2)6-4-12/h3-8,10H,9H2,1-2H3,(H,18,23)(H,19,20,21,22). The Balaban J connectivity index is 1.62. The van der Waals surface area contributed by atoms with E-state index in [2.05, 4.69) is 25.8 Å². The van der Waals surface area contributed by atoms with E-state index in [0.29, 0.717) is 23.9 Å². The monoisotopic (exact) mass is 339 g/mol. The van der Waals surface area contributed by atoms with Crippen LogP contribution in [0, 0.1) is 6.92 Å². The van der Waals surface area contributed by atoms with Gasteiger partial charge >= 0.3 is 0 Å². The molecule has 3 rings (SSSR count). The van der Waals surface area contributed by atoms with Gasteiger partial charge in [0.2, 0.25) is 0 Å². The number of hydrogen-bond donors (Lipinski definition) is 2. The number of benzene rings is 1. The Morgan fingerprint density at radius 1 is 1.16 bits per heavy atom. The number of nitrogens with one attached hydrogen (secondary N) is 2. The first-order valence-corrected chi connectivity index (χ1v) is 7.57. The van der Waals surface area contributed by atoms with Gasteiger partial charge in [-0.05, 0) is 24.6 Å². The number of nitrogens with zero attached hydrogens (tertiary/aromatic N) is 3. The Morgan fingerprint density at radius 2 is 1.96 bits per heavy atom. The summed E-state index contributed by atoms with van der Waals surface area (Å²) in [5.41, 5.74) is 1.21. The molecule has 0 saturated carbocycles. The zero-order chi connectivity index (χ0) is 17.6. The highest BCUT2D eigenvalue weighted by atomic mass is 16.5. The molecule has 1 aromatic carbocycles. The van der Waals surface area contributed by atoms with Crippen molar-refractivity contribution in [2.45, 2.75) is 13.5 Å². The average molecular weight is 339 g/mol. The van der Waals surface area contributed by atoms with Crippen molar-refractivity contribution in [3.8, 4) is 5.75 Å². The van der Waals surface area contributed by atoms with Gasteiger partial charge in [0.1, 0.15) is 29.3 Å². The summed E-state index contributed by atoms with van der Waals surface area (Å²) in [5, 5.41) is 9.59. The van der Waals surface area contributed by atoms with E-state index in [9.17, 15) is 4.79 Å². The average Bonchev–Trinajstić information content (AvgIpc) is 3.05. The van der Waals surface area contributed by atoms with E-state index in [1.807, 2.05) is 24.3 Å².